The highest BCUT2D eigenvalue weighted by Gasteiger charge is 2.19. The van der Waals surface area contributed by atoms with Crippen LogP contribution in [0.5, 0.6) is 0 Å². The zero-order valence-corrected chi connectivity index (χ0v) is 17.5. The van der Waals surface area contributed by atoms with Crippen molar-refractivity contribution in [2.24, 2.45) is 15.2 Å². The van der Waals surface area contributed by atoms with Crippen LogP contribution in [0.25, 0.3) is 0 Å². The Balaban J connectivity index is 2.04. The molecule has 2 aromatic heterocycles. The summed E-state index contributed by atoms with van der Waals surface area (Å²) in [6, 6.07) is 2.14. The number of aliphatic hydroxyl groups excluding tert-OH is 1. The van der Waals surface area contributed by atoms with E-state index in [4.69, 9.17) is 5.11 Å². The maximum atomic E-state index is 9.65. The van der Waals surface area contributed by atoms with Crippen LogP contribution < -0.4 is 16.0 Å². The summed E-state index contributed by atoms with van der Waals surface area (Å²) in [6.45, 7) is 1.96. The second-order valence-electron chi connectivity index (χ2n) is 6.27. The molecule has 31 heavy (non-hydrogen) atoms. The predicted octanol–water partition coefficient (Wildman–Crippen LogP) is 2.48. The van der Waals surface area contributed by atoms with Crippen LogP contribution in [-0.4, -0.2) is 57.9 Å². The highest BCUT2D eigenvalue weighted by molar-refractivity contribution is 5.87. The van der Waals surface area contributed by atoms with E-state index in [1.54, 1.807) is 31.9 Å². The predicted molar refractivity (Wildman–Crippen MR) is 118 cm³/mol. The third-order valence-corrected chi connectivity index (χ3v) is 4.30. The highest BCUT2D eigenvalue weighted by Crippen LogP contribution is 2.34. The maximum Gasteiger partial charge on any atom is 0.226 e. The molecule has 160 valence electrons. The zero-order chi connectivity index (χ0) is 22.2. The summed E-state index contributed by atoms with van der Waals surface area (Å²) in [5.41, 5.74) is 1.24. The smallest absolute Gasteiger partial charge is 0.226 e. The Morgan fingerprint density at radius 2 is 2.00 bits per heavy atom. The Bertz CT molecular complexity index is 1110. The molecule has 12 nitrogen and oxygen atoms in total. The van der Waals surface area contributed by atoms with Gasteiger partial charge in [-0.25, -0.2) is 9.67 Å². The number of azo groups is 1. The average molecular weight is 421 g/mol. The Hall–Kier alpha value is -4.11. The van der Waals surface area contributed by atoms with Crippen molar-refractivity contribution < 1.29 is 5.11 Å². The van der Waals surface area contributed by atoms with Gasteiger partial charge in [0.2, 0.25) is 11.8 Å². The van der Waals surface area contributed by atoms with Crippen molar-refractivity contribution >= 4 is 34.9 Å². The van der Waals surface area contributed by atoms with Gasteiger partial charge in [0.1, 0.15) is 17.5 Å². The van der Waals surface area contributed by atoms with E-state index in [0.717, 1.165) is 0 Å². The van der Waals surface area contributed by atoms with Crippen molar-refractivity contribution in [1.82, 2.24) is 19.7 Å². The van der Waals surface area contributed by atoms with E-state index in [2.05, 4.69) is 52.3 Å². The number of nitrogens with one attached hydrogen (secondary N) is 3. The molecule has 0 amide bonds. The van der Waals surface area contributed by atoms with Crippen LogP contribution in [0.2, 0.25) is 0 Å². The van der Waals surface area contributed by atoms with Crippen LogP contribution in [-0.2, 0) is 0 Å². The van der Waals surface area contributed by atoms with E-state index in [9.17, 15) is 5.26 Å². The number of nitrogens with zero attached hydrogens (tertiary/aromatic N) is 8. The number of aliphatic imine (C=N–C) groups is 1. The van der Waals surface area contributed by atoms with Gasteiger partial charge >= 0.3 is 0 Å². The third-order valence-electron chi connectivity index (χ3n) is 4.30. The van der Waals surface area contributed by atoms with Crippen molar-refractivity contribution in [2.75, 3.05) is 43.2 Å². The van der Waals surface area contributed by atoms with Crippen LogP contribution >= 0.6 is 0 Å². The summed E-state index contributed by atoms with van der Waals surface area (Å²) < 4.78 is 1.59. The molecule has 0 atom stereocenters. The lowest BCUT2D eigenvalue weighted by Gasteiger charge is -2.12. The van der Waals surface area contributed by atoms with Crippen LogP contribution in [0.15, 0.2) is 39.6 Å². The van der Waals surface area contributed by atoms with Crippen LogP contribution in [0.1, 0.15) is 17.7 Å². The summed E-state index contributed by atoms with van der Waals surface area (Å²) in [7, 11) is 3.39. The van der Waals surface area contributed by atoms with E-state index >= 15 is 0 Å². The van der Waals surface area contributed by atoms with Gasteiger partial charge in [0.25, 0.3) is 0 Å². The van der Waals surface area contributed by atoms with E-state index in [0.29, 0.717) is 46.8 Å². The van der Waals surface area contributed by atoms with E-state index in [1.165, 1.54) is 0 Å². The third kappa shape index (κ3) is 4.73. The first-order valence-electron chi connectivity index (χ1n) is 9.55. The minimum atomic E-state index is -0.0858. The van der Waals surface area contributed by atoms with Gasteiger partial charge in [0.05, 0.1) is 12.3 Å². The largest absolute Gasteiger partial charge is 0.395 e. The van der Waals surface area contributed by atoms with E-state index in [-0.39, 0.29) is 19.0 Å². The molecule has 0 saturated heterocycles. The fourth-order valence-electron chi connectivity index (χ4n) is 2.79. The minimum Gasteiger partial charge on any atom is -0.395 e. The number of hydrogen-bond donors (Lipinski definition) is 4. The molecule has 4 N–H and O–H groups in total. The van der Waals surface area contributed by atoms with Crippen LogP contribution in [0, 0.1) is 18.3 Å². The molecule has 12 heteroatoms. The lowest BCUT2D eigenvalue weighted by atomic mass is 10.2. The number of nitriles is 1. The van der Waals surface area contributed by atoms with Gasteiger partial charge in [0, 0.05) is 33.3 Å². The molecule has 0 aliphatic carbocycles. The molecule has 0 bridgehead atoms. The fraction of sp³-hybridized carbons (Fsp3) is 0.316. The fourth-order valence-corrected chi connectivity index (χ4v) is 2.79. The topological polar surface area (TPSA) is 161 Å². The van der Waals surface area contributed by atoms with Gasteiger partial charge in [-0.3, -0.25) is 0 Å². The number of allylic oxidation sites excluding steroid dienone is 3. The van der Waals surface area contributed by atoms with E-state index < -0.39 is 0 Å². The van der Waals surface area contributed by atoms with Crippen molar-refractivity contribution in [2.45, 2.75) is 13.3 Å². The number of aromatic nitrogens is 4. The van der Waals surface area contributed by atoms with E-state index in [1.807, 2.05) is 18.2 Å². The van der Waals surface area contributed by atoms with Gasteiger partial charge in [0.15, 0.2) is 17.3 Å². The molecule has 0 spiro atoms. The number of rotatable bonds is 7. The quantitative estimate of drug-likeness (QED) is 0.496. The highest BCUT2D eigenvalue weighted by atomic mass is 16.3. The lowest BCUT2D eigenvalue weighted by Crippen LogP contribution is -2.14. The normalized spacial score (nSPS) is 13.1. The van der Waals surface area contributed by atoms with Gasteiger partial charge < -0.3 is 21.1 Å². The Labute approximate surface area is 179 Å². The Kier molecular flexibility index (Phi) is 7.02. The summed E-state index contributed by atoms with van der Waals surface area (Å²) in [4.78, 5) is 13.0. The monoisotopic (exact) mass is 421 g/mol. The van der Waals surface area contributed by atoms with Gasteiger partial charge in [-0.05, 0) is 13.0 Å². The SMILES string of the molecule is CNc1nc(NC)c(/N=N/c2nn(C3=NC=CC=CC3)c(C)c2C#N)c(NCCO)n1. The van der Waals surface area contributed by atoms with Gasteiger partial charge in [-0.2, -0.15) is 15.2 Å². The number of hydrogen-bond acceptors (Lipinski definition) is 11. The molecule has 3 rings (SSSR count). The Morgan fingerprint density at radius 1 is 1.19 bits per heavy atom. The summed E-state index contributed by atoms with van der Waals surface area (Å²) >= 11 is 0. The van der Waals surface area contributed by atoms with Crippen LogP contribution in [0.4, 0.5) is 29.1 Å². The number of anilines is 3. The first-order valence-corrected chi connectivity index (χ1v) is 9.55. The first-order chi connectivity index (χ1) is 15.1. The molecule has 1 aliphatic rings. The summed E-state index contributed by atoms with van der Waals surface area (Å²) in [6.07, 6.45) is 7.92. The zero-order valence-electron chi connectivity index (χ0n) is 17.5. The average Bonchev–Trinajstić information content (AvgIpc) is 2.95. The molecule has 2 aromatic rings. The van der Waals surface area contributed by atoms with Crippen molar-refractivity contribution in [3.8, 4) is 6.07 Å². The van der Waals surface area contributed by atoms with Crippen molar-refractivity contribution in [3.05, 3.63) is 35.7 Å². The van der Waals surface area contributed by atoms with Crippen molar-refractivity contribution in [3.63, 3.8) is 0 Å². The second kappa shape index (κ2) is 10.1. The lowest BCUT2D eigenvalue weighted by molar-refractivity contribution is 0.311. The summed E-state index contributed by atoms with van der Waals surface area (Å²) in [5.74, 6) is 1.99. The molecule has 0 saturated carbocycles. The van der Waals surface area contributed by atoms with Crippen molar-refractivity contribution in [1.29, 1.82) is 5.26 Å². The van der Waals surface area contributed by atoms with Crippen LogP contribution in [0.3, 0.4) is 0 Å². The molecular weight excluding hydrogens is 398 g/mol. The minimum absolute atomic E-state index is 0.0858. The molecule has 0 aromatic carbocycles. The molecular formula is C19H23N11O. The molecule has 0 fully saturated rings. The Morgan fingerprint density at radius 3 is 2.71 bits per heavy atom. The van der Waals surface area contributed by atoms with Gasteiger partial charge in [-0.15, -0.1) is 15.3 Å². The standard InChI is InChI=1S/C19H23N11O/c1-12-13(11-20)16(29-30(12)14-7-5-4-6-8-23-14)28-27-15-17(21-2)25-19(22-3)26-18(15)24-9-10-31/h4-6,8,31H,7,9-10H2,1-3H3,(H3,21,22,24,25,26)/b28-27+. The molecule has 3 heterocycles. The molecule has 1 aliphatic heterocycles. The summed E-state index contributed by atoms with van der Waals surface area (Å²) in [5, 5.41) is 40.6. The van der Waals surface area contributed by atoms with Gasteiger partial charge in [-0.1, -0.05) is 12.2 Å². The second-order valence-corrected chi connectivity index (χ2v) is 6.27. The molecule has 0 radical (unpaired) electrons. The first kappa shape index (κ1) is 21.6. The molecule has 0 unspecified atom stereocenters. The maximum absolute atomic E-state index is 9.65. The number of aliphatic hydroxyl groups is 1.